The lowest BCUT2D eigenvalue weighted by molar-refractivity contribution is 0.0702. The van der Waals surface area contributed by atoms with Crippen molar-refractivity contribution in [2.24, 2.45) is 0 Å². The van der Waals surface area contributed by atoms with Gasteiger partial charge in [-0.3, -0.25) is 0 Å². The van der Waals surface area contributed by atoms with Crippen molar-refractivity contribution in [3.05, 3.63) is 14.7 Å². The van der Waals surface area contributed by atoms with Crippen LogP contribution in [0.1, 0.15) is 29.9 Å². The first-order valence-corrected chi connectivity index (χ1v) is 10.3. The van der Waals surface area contributed by atoms with Crippen molar-refractivity contribution >= 4 is 55.0 Å². The Hall–Kier alpha value is -0.0900. The number of carboxylic acids is 1. The summed E-state index contributed by atoms with van der Waals surface area (Å²) < 4.78 is 27.3. The number of aromatic carboxylic acids is 1. The topological polar surface area (TPSA) is 74.7 Å². The molecule has 1 fully saturated rings. The van der Waals surface area contributed by atoms with Crippen LogP contribution in [0.15, 0.2) is 14.7 Å². The van der Waals surface area contributed by atoms with Crippen molar-refractivity contribution in [1.82, 2.24) is 4.31 Å². The molecule has 0 radical (unpaired) electrons. The van der Waals surface area contributed by atoms with Gasteiger partial charge in [-0.2, -0.15) is 16.1 Å². The molecule has 2 heterocycles. The van der Waals surface area contributed by atoms with Crippen LogP contribution in [0.2, 0.25) is 0 Å². The number of carbonyl (C=O) groups is 1. The highest BCUT2D eigenvalue weighted by atomic mass is 79.9. The Kier molecular flexibility index (Phi) is 5.09. The molecule has 0 atom stereocenters. The molecule has 1 saturated heterocycles. The Morgan fingerprint density at radius 3 is 2.67 bits per heavy atom. The minimum absolute atomic E-state index is 0.0185. The van der Waals surface area contributed by atoms with Gasteiger partial charge in [0.25, 0.3) is 0 Å². The standard InChI is InChI=1S/C12H16BrNO4S3/c1-12(2)3-4-14(5-6-19-12)21(17,18)9-7-8(11(15)16)20-10(9)13/h7H,3-6H2,1-2H3,(H,15,16). The third-order valence-corrected chi connectivity index (χ3v) is 8.79. The number of thiophene rings is 1. The van der Waals surface area contributed by atoms with E-state index in [4.69, 9.17) is 5.11 Å². The Balaban J connectivity index is 2.31. The van der Waals surface area contributed by atoms with Gasteiger partial charge >= 0.3 is 5.97 Å². The van der Waals surface area contributed by atoms with Gasteiger partial charge in [-0.05, 0) is 28.4 Å². The second kappa shape index (κ2) is 6.19. The van der Waals surface area contributed by atoms with Crippen LogP contribution in [-0.2, 0) is 10.0 Å². The Morgan fingerprint density at radius 2 is 2.10 bits per heavy atom. The number of carboxylic acid groups (broad SMARTS) is 1. The first-order valence-electron chi connectivity index (χ1n) is 6.30. The molecule has 1 aromatic heterocycles. The largest absolute Gasteiger partial charge is 0.477 e. The summed E-state index contributed by atoms with van der Waals surface area (Å²) in [6, 6.07) is 1.23. The molecule has 0 aromatic carbocycles. The van der Waals surface area contributed by atoms with E-state index in [9.17, 15) is 13.2 Å². The highest BCUT2D eigenvalue weighted by molar-refractivity contribution is 9.11. The van der Waals surface area contributed by atoms with E-state index in [1.165, 1.54) is 10.4 Å². The van der Waals surface area contributed by atoms with Gasteiger partial charge in [-0.15, -0.1) is 11.3 Å². The third kappa shape index (κ3) is 3.82. The van der Waals surface area contributed by atoms with Gasteiger partial charge in [-0.25, -0.2) is 13.2 Å². The molecule has 0 bridgehead atoms. The SMILES string of the molecule is CC1(C)CCN(S(=O)(=O)c2cc(C(=O)O)sc2Br)CCS1. The molecule has 0 spiro atoms. The minimum atomic E-state index is -3.66. The second-order valence-electron chi connectivity index (χ2n) is 5.32. The molecule has 1 aromatic rings. The maximum Gasteiger partial charge on any atom is 0.345 e. The molecule has 9 heteroatoms. The molecule has 0 saturated carbocycles. The van der Waals surface area contributed by atoms with Crippen molar-refractivity contribution in [2.45, 2.75) is 29.9 Å². The molecule has 0 amide bonds. The predicted molar refractivity (Wildman–Crippen MR) is 88.9 cm³/mol. The van der Waals surface area contributed by atoms with Gasteiger partial charge in [0.1, 0.15) is 9.77 Å². The van der Waals surface area contributed by atoms with Crippen molar-refractivity contribution in [1.29, 1.82) is 0 Å². The minimum Gasteiger partial charge on any atom is -0.477 e. The summed E-state index contributed by atoms with van der Waals surface area (Å²) in [6.07, 6.45) is 0.768. The Labute approximate surface area is 140 Å². The van der Waals surface area contributed by atoms with E-state index in [1.54, 1.807) is 11.8 Å². The molecule has 2 rings (SSSR count). The van der Waals surface area contributed by atoms with Crippen molar-refractivity contribution in [3.63, 3.8) is 0 Å². The fraction of sp³-hybridized carbons (Fsp3) is 0.583. The number of rotatable bonds is 3. The Morgan fingerprint density at radius 1 is 1.43 bits per heavy atom. The van der Waals surface area contributed by atoms with Gasteiger partial charge in [0, 0.05) is 23.6 Å². The fourth-order valence-electron chi connectivity index (χ4n) is 2.01. The number of hydrogen-bond acceptors (Lipinski definition) is 5. The van der Waals surface area contributed by atoms with E-state index in [2.05, 4.69) is 29.8 Å². The zero-order valence-electron chi connectivity index (χ0n) is 11.6. The van der Waals surface area contributed by atoms with E-state index in [0.717, 1.165) is 23.5 Å². The summed E-state index contributed by atoms with van der Waals surface area (Å²) >= 11 is 5.86. The van der Waals surface area contributed by atoms with Crippen LogP contribution in [0.5, 0.6) is 0 Å². The average molecular weight is 414 g/mol. The maximum atomic E-state index is 12.7. The number of halogens is 1. The smallest absolute Gasteiger partial charge is 0.345 e. The number of thioether (sulfide) groups is 1. The van der Waals surface area contributed by atoms with Gasteiger partial charge in [0.2, 0.25) is 10.0 Å². The summed E-state index contributed by atoms with van der Waals surface area (Å²) in [4.78, 5) is 11.1. The summed E-state index contributed by atoms with van der Waals surface area (Å²) in [5, 5.41) is 8.99. The Bertz CT molecular complexity index is 653. The molecular weight excluding hydrogens is 398 g/mol. The average Bonchev–Trinajstić information content (AvgIpc) is 2.66. The lowest BCUT2D eigenvalue weighted by Crippen LogP contribution is -2.33. The molecule has 0 aliphatic carbocycles. The molecule has 1 aliphatic heterocycles. The van der Waals surface area contributed by atoms with Crippen molar-refractivity contribution < 1.29 is 18.3 Å². The third-order valence-electron chi connectivity index (χ3n) is 3.28. The van der Waals surface area contributed by atoms with E-state index in [0.29, 0.717) is 16.9 Å². The fourth-order valence-corrected chi connectivity index (χ4v) is 7.02. The molecule has 0 unspecified atom stereocenters. The summed E-state index contributed by atoms with van der Waals surface area (Å²) in [5.74, 6) is -0.380. The van der Waals surface area contributed by atoms with Crippen LogP contribution >= 0.6 is 39.0 Å². The van der Waals surface area contributed by atoms with Crippen molar-refractivity contribution in [2.75, 3.05) is 18.8 Å². The summed E-state index contributed by atoms with van der Waals surface area (Å²) in [6.45, 7) is 5.11. The molecular formula is C12H16BrNO4S3. The lowest BCUT2D eigenvalue weighted by Gasteiger charge is -2.22. The van der Waals surface area contributed by atoms with Gasteiger partial charge in [0.05, 0.1) is 3.79 Å². The van der Waals surface area contributed by atoms with Crippen LogP contribution in [0, 0.1) is 0 Å². The zero-order valence-corrected chi connectivity index (χ0v) is 15.7. The summed E-state index contributed by atoms with van der Waals surface area (Å²) in [5.41, 5.74) is 0. The highest BCUT2D eigenvalue weighted by Crippen LogP contribution is 2.36. The van der Waals surface area contributed by atoms with Crippen LogP contribution in [0.25, 0.3) is 0 Å². The van der Waals surface area contributed by atoms with E-state index >= 15 is 0 Å². The quantitative estimate of drug-likeness (QED) is 0.823. The van der Waals surface area contributed by atoms with E-state index in [-0.39, 0.29) is 14.5 Å². The van der Waals surface area contributed by atoms with Crippen LogP contribution in [0.4, 0.5) is 0 Å². The maximum absolute atomic E-state index is 12.7. The number of hydrogen-bond donors (Lipinski definition) is 1. The van der Waals surface area contributed by atoms with Crippen LogP contribution in [-0.4, -0.2) is 47.4 Å². The zero-order chi connectivity index (χ0) is 15.8. The molecule has 118 valence electrons. The highest BCUT2D eigenvalue weighted by Gasteiger charge is 2.33. The first kappa shape index (κ1) is 17.3. The van der Waals surface area contributed by atoms with Gasteiger partial charge in [-0.1, -0.05) is 13.8 Å². The second-order valence-corrected chi connectivity index (χ2v) is 11.4. The van der Waals surface area contributed by atoms with Gasteiger partial charge in [0.15, 0.2) is 0 Å². The number of sulfonamides is 1. The van der Waals surface area contributed by atoms with E-state index < -0.39 is 16.0 Å². The number of nitrogens with zero attached hydrogens (tertiary/aromatic N) is 1. The lowest BCUT2D eigenvalue weighted by atomic mass is 10.1. The van der Waals surface area contributed by atoms with Crippen LogP contribution in [0.3, 0.4) is 0 Å². The molecule has 5 nitrogen and oxygen atoms in total. The normalized spacial score (nSPS) is 20.1. The molecule has 1 N–H and O–H groups in total. The summed E-state index contributed by atoms with van der Waals surface area (Å²) in [7, 11) is -3.66. The monoisotopic (exact) mass is 413 g/mol. The van der Waals surface area contributed by atoms with Gasteiger partial charge < -0.3 is 5.11 Å². The molecule has 21 heavy (non-hydrogen) atoms. The van der Waals surface area contributed by atoms with Crippen molar-refractivity contribution in [3.8, 4) is 0 Å². The predicted octanol–water partition coefficient (Wildman–Crippen LogP) is 3.12. The van der Waals surface area contributed by atoms with Crippen LogP contribution < -0.4 is 0 Å². The first-order chi connectivity index (χ1) is 9.63. The van der Waals surface area contributed by atoms with E-state index in [1.807, 2.05) is 0 Å². The molecule has 1 aliphatic rings.